The van der Waals surface area contributed by atoms with Crippen LogP contribution >= 0.6 is 11.6 Å². The van der Waals surface area contributed by atoms with Gasteiger partial charge in [0.15, 0.2) is 0 Å². The van der Waals surface area contributed by atoms with E-state index in [0.29, 0.717) is 24.2 Å². The van der Waals surface area contributed by atoms with Gasteiger partial charge in [0.1, 0.15) is 11.6 Å². The zero-order valence-electron chi connectivity index (χ0n) is 8.89. The molecule has 1 aliphatic rings. The van der Waals surface area contributed by atoms with Crippen LogP contribution < -0.4 is 4.74 Å². The number of hydrogen-bond acceptors (Lipinski definition) is 2. The maximum absolute atomic E-state index is 13.8. The molecular formula is C12H11ClFNO. The van der Waals surface area contributed by atoms with Crippen molar-refractivity contribution in [1.29, 1.82) is 5.26 Å². The molecule has 0 bridgehead atoms. The van der Waals surface area contributed by atoms with Crippen LogP contribution in [0.15, 0.2) is 12.1 Å². The van der Waals surface area contributed by atoms with Gasteiger partial charge in [-0.3, -0.25) is 0 Å². The van der Waals surface area contributed by atoms with Crippen LogP contribution in [0.4, 0.5) is 4.39 Å². The third-order valence-corrected chi connectivity index (χ3v) is 3.47. The molecule has 1 aromatic rings. The van der Waals surface area contributed by atoms with Gasteiger partial charge in [-0.05, 0) is 31.4 Å². The highest BCUT2D eigenvalue weighted by atomic mass is 35.5. The average Bonchev–Trinajstić information content (AvgIpc) is 2.20. The van der Waals surface area contributed by atoms with Crippen molar-refractivity contribution in [1.82, 2.24) is 0 Å². The Bertz CT molecular complexity index is 463. The van der Waals surface area contributed by atoms with Gasteiger partial charge >= 0.3 is 0 Å². The quantitative estimate of drug-likeness (QED) is 0.792. The molecule has 4 heteroatoms. The minimum Gasteiger partial charge on any atom is -0.495 e. The molecule has 2 rings (SSSR count). The van der Waals surface area contributed by atoms with Crippen LogP contribution in [0.5, 0.6) is 5.75 Å². The van der Waals surface area contributed by atoms with E-state index >= 15 is 0 Å². The fraction of sp³-hybridized carbons (Fsp3) is 0.417. The standard InChI is InChI=1S/C12H11ClFNO/c1-16-11-5-8(10(14)6-9(11)13)12(7-15)3-2-4-12/h5-6H,2-4H2,1H3. The zero-order valence-corrected chi connectivity index (χ0v) is 9.64. The fourth-order valence-corrected chi connectivity index (χ4v) is 2.25. The van der Waals surface area contributed by atoms with Crippen LogP contribution in [0.25, 0.3) is 0 Å². The number of hydrogen-bond donors (Lipinski definition) is 0. The number of methoxy groups -OCH3 is 1. The van der Waals surface area contributed by atoms with Gasteiger partial charge in [-0.2, -0.15) is 5.26 Å². The summed E-state index contributed by atoms with van der Waals surface area (Å²) in [5.41, 5.74) is -0.274. The summed E-state index contributed by atoms with van der Waals surface area (Å²) in [6, 6.07) is 4.96. The van der Waals surface area contributed by atoms with E-state index < -0.39 is 11.2 Å². The van der Waals surface area contributed by atoms with Gasteiger partial charge < -0.3 is 4.74 Å². The second-order valence-corrected chi connectivity index (χ2v) is 4.42. The highest BCUT2D eigenvalue weighted by molar-refractivity contribution is 6.32. The predicted molar refractivity (Wildman–Crippen MR) is 59.1 cm³/mol. The largest absolute Gasteiger partial charge is 0.495 e. The Hall–Kier alpha value is -1.27. The molecule has 0 N–H and O–H groups in total. The minimum atomic E-state index is -0.679. The average molecular weight is 240 g/mol. The first-order valence-electron chi connectivity index (χ1n) is 5.08. The maximum atomic E-state index is 13.8. The van der Waals surface area contributed by atoms with Gasteiger partial charge in [0, 0.05) is 5.56 Å². The number of halogens is 2. The van der Waals surface area contributed by atoms with Crippen molar-refractivity contribution in [2.24, 2.45) is 0 Å². The number of nitriles is 1. The first-order valence-corrected chi connectivity index (χ1v) is 5.45. The molecule has 16 heavy (non-hydrogen) atoms. The Morgan fingerprint density at radius 3 is 2.62 bits per heavy atom. The highest BCUT2D eigenvalue weighted by Crippen LogP contribution is 2.46. The first-order chi connectivity index (χ1) is 7.63. The number of benzene rings is 1. The molecule has 0 atom stereocenters. The summed E-state index contributed by atoms with van der Waals surface area (Å²) in [6.07, 6.45) is 2.36. The van der Waals surface area contributed by atoms with E-state index in [4.69, 9.17) is 21.6 Å². The Labute approximate surface area is 98.6 Å². The van der Waals surface area contributed by atoms with E-state index in [1.807, 2.05) is 0 Å². The third kappa shape index (κ3) is 1.54. The minimum absolute atomic E-state index is 0.233. The lowest BCUT2D eigenvalue weighted by molar-refractivity contribution is 0.311. The SMILES string of the molecule is COc1cc(C2(C#N)CCC2)c(F)cc1Cl. The molecule has 1 aliphatic carbocycles. The molecule has 1 aromatic carbocycles. The summed E-state index contributed by atoms with van der Waals surface area (Å²) in [7, 11) is 1.47. The lowest BCUT2D eigenvalue weighted by Gasteiger charge is -2.36. The molecule has 0 aromatic heterocycles. The molecule has 0 saturated heterocycles. The second kappa shape index (κ2) is 3.95. The second-order valence-electron chi connectivity index (χ2n) is 4.01. The summed E-state index contributed by atoms with van der Waals surface area (Å²) in [5, 5.41) is 9.39. The molecule has 1 saturated carbocycles. The first kappa shape index (κ1) is 11.2. The summed E-state index contributed by atoms with van der Waals surface area (Å²) in [6.45, 7) is 0. The lowest BCUT2D eigenvalue weighted by Crippen LogP contribution is -2.33. The number of ether oxygens (including phenoxy) is 1. The van der Waals surface area contributed by atoms with Crippen molar-refractivity contribution in [3.63, 3.8) is 0 Å². The van der Waals surface area contributed by atoms with Crippen LogP contribution in [-0.4, -0.2) is 7.11 Å². The van der Waals surface area contributed by atoms with Crippen molar-refractivity contribution in [3.8, 4) is 11.8 Å². The molecule has 1 fully saturated rings. The van der Waals surface area contributed by atoms with E-state index in [1.165, 1.54) is 13.2 Å². The summed E-state index contributed by atoms with van der Waals surface area (Å²) in [5.74, 6) is -0.00774. The Morgan fingerprint density at radius 1 is 1.50 bits per heavy atom. The van der Waals surface area contributed by atoms with Gasteiger partial charge in [-0.25, -0.2) is 4.39 Å². The van der Waals surface area contributed by atoms with Crippen molar-refractivity contribution < 1.29 is 9.13 Å². The van der Waals surface area contributed by atoms with Crippen LogP contribution in [-0.2, 0) is 5.41 Å². The molecule has 0 amide bonds. The lowest BCUT2D eigenvalue weighted by atomic mass is 9.65. The highest BCUT2D eigenvalue weighted by Gasteiger charge is 2.41. The van der Waals surface area contributed by atoms with Crippen LogP contribution in [0, 0.1) is 17.1 Å². The van der Waals surface area contributed by atoms with Gasteiger partial charge in [-0.1, -0.05) is 11.6 Å². The van der Waals surface area contributed by atoms with E-state index in [2.05, 4.69) is 6.07 Å². The van der Waals surface area contributed by atoms with Gasteiger partial charge in [0.05, 0.1) is 23.6 Å². The van der Waals surface area contributed by atoms with Crippen LogP contribution in [0.1, 0.15) is 24.8 Å². The molecular weight excluding hydrogens is 229 g/mol. The monoisotopic (exact) mass is 239 g/mol. The van der Waals surface area contributed by atoms with Gasteiger partial charge in [0.2, 0.25) is 0 Å². The summed E-state index contributed by atoms with van der Waals surface area (Å²) >= 11 is 5.81. The van der Waals surface area contributed by atoms with Crippen LogP contribution in [0.2, 0.25) is 5.02 Å². The Kier molecular flexibility index (Phi) is 2.77. The van der Waals surface area contributed by atoms with E-state index in [1.54, 1.807) is 6.07 Å². The smallest absolute Gasteiger partial charge is 0.137 e. The fourth-order valence-electron chi connectivity index (χ4n) is 2.02. The van der Waals surface area contributed by atoms with Gasteiger partial charge in [0.25, 0.3) is 0 Å². The topological polar surface area (TPSA) is 33.0 Å². The zero-order chi connectivity index (χ0) is 11.8. The van der Waals surface area contributed by atoms with Crippen molar-refractivity contribution in [2.45, 2.75) is 24.7 Å². The van der Waals surface area contributed by atoms with Crippen molar-refractivity contribution in [2.75, 3.05) is 7.11 Å². The predicted octanol–water partition coefficient (Wildman–Crippen LogP) is 3.43. The van der Waals surface area contributed by atoms with E-state index in [-0.39, 0.29) is 5.02 Å². The maximum Gasteiger partial charge on any atom is 0.137 e. The normalized spacial score (nSPS) is 17.4. The molecule has 0 radical (unpaired) electrons. The van der Waals surface area contributed by atoms with Crippen molar-refractivity contribution in [3.05, 3.63) is 28.5 Å². The summed E-state index contributed by atoms with van der Waals surface area (Å²) < 4.78 is 18.8. The third-order valence-electron chi connectivity index (χ3n) is 3.18. The molecule has 0 aliphatic heterocycles. The Balaban J connectivity index is 2.53. The molecule has 84 valence electrons. The summed E-state index contributed by atoms with van der Waals surface area (Å²) in [4.78, 5) is 0. The Morgan fingerprint density at radius 2 is 2.19 bits per heavy atom. The molecule has 0 unspecified atom stereocenters. The van der Waals surface area contributed by atoms with Crippen molar-refractivity contribution >= 4 is 11.6 Å². The van der Waals surface area contributed by atoms with Crippen LogP contribution in [0.3, 0.4) is 0 Å². The van der Waals surface area contributed by atoms with E-state index in [9.17, 15) is 4.39 Å². The van der Waals surface area contributed by atoms with E-state index in [0.717, 1.165) is 6.42 Å². The molecule has 0 heterocycles. The molecule has 0 spiro atoms. The molecule has 2 nitrogen and oxygen atoms in total. The number of rotatable bonds is 2. The number of nitrogens with zero attached hydrogens (tertiary/aromatic N) is 1. The van der Waals surface area contributed by atoms with Gasteiger partial charge in [-0.15, -0.1) is 0 Å².